The molecule has 0 aromatic carbocycles. The summed E-state index contributed by atoms with van der Waals surface area (Å²) in [5.41, 5.74) is 6.27. The second kappa shape index (κ2) is 3.17. The van der Waals surface area contributed by atoms with E-state index in [0.717, 1.165) is 5.69 Å². The van der Waals surface area contributed by atoms with Gasteiger partial charge in [-0.05, 0) is 6.92 Å². The average molecular weight is 232 g/mol. The van der Waals surface area contributed by atoms with E-state index in [1.54, 1.807) is 13.0 Å². The minimum atomic E-state index is -0.373. The third-order valence-electron chi connectivity index (χ3n) is 2.24. The van der Waals surface area contributed by atoms with Crippen molar-refractivity contribution in [2.24, 2.45) is 0 Å². The van der Waals surface area contributed by atoms with Crippen LogP contribution in [0.4, 0.5) is 5.95 Å². The molecule has 0 radical (unpaired) electrons. The van der Waals surface area contributed by atoms with Crippen molar-refractivity contribution in [1.29, 1.82) is 0 Å². The number of aromatic nitrogens is 5. The van der Waals surface area contributed by atoms with Gasteiger partial charge in [0.2, 0.25) is 11.7 Å². The van der Waals surface area contributed by atoms with E-state index in [1.807, 2.05) is 0 Å². The fourth-order valence-electron chi connectivity index (χ4n) is 1.52. The summed E-state index contributed by atoms with van der Waals surface area (Å²) in [5.74, 6) is 0.858. The van der Waals surface area contributed by atoms with Crippen LogP contribution in [0.5, 0.6) is 0 Å². The van der Waals surface area contributed by atoms with Crippen LogP contribution in [0.1, 0.15) is 5.69 Å². The van der Waals surface area contributed by atoms with Crippen LogP contribution in [0.15, 0.2) is 15.4 Å². The quantitative estimate of drug-likeness (QED) is 0.549. The fourth-order valence-corrected chi connectivity index (χ4v) is 1.52. The van der Waals surface area contributed by atoms with Gasteiger partial charge in [-0.15, -0.1) is 0 Å². The minimum Gasteiger partial charge on any atom is -0.369 e. The maximum absolute atomic E-state index is 11.6. The molecule has 86 valence electrons. The highest BCUT2D eigenvalue weighted by molar-refractivity contribution is 5.74. The zero-order valence-corrected chi connectivity index (χ0v) is 8.81. The van der Waals surface area contributed by atoms with Crippen molar-refractivity contribution >= 4 is 17.1 Å². The van der Waals surface area contributed by atoms with Gasteiger partial charge in [0, 0.05) is 6.07 Å². The summed E-state index contributed by atoms with van der Waals surface area (Å²) in [5, 5.41) is 3.74. The van der Waals surface area contributed by atoms with Gasteiger partial charge in [-0.1, -0.05) is 5.16 Å². The van der Waals surface area contributed by atoms with Gasteiger partial charge in [0.1, 0.15) is 0 Å². The predicted molar refractivity (Wildman–Crippen MR) is 59.2 cm³/mol. The summed E-state index contributed by atoms with van der Waals surface area (Å²) >= 11 is 0. The lowest BCUT2D eigenvalue weighted by Crippen LogP contribution is -2.10. The van der Waals surface area contributed by atoms with Gasteiger partial charge >= 0.3 is 0 Å². The molecule has 3 aromatic heterocycles. The number of rotatable bonds is 1. The highest BCUT2D eigenvalue weighted by Gasteiger charge is 2.13. The molecule has 3 heterocycles. The van der Waals surface area contributed by atoms with Crippen LogP contribution in [0.2, 0.25) is 0 Å². The standard InChI is InChI=1S/C9H8N6O2/c1-3-2-4(17-15-3)6-11-5-7(12-6)13-9(10)14-8(5)16/h2H,1H3,(H4,10,11,12,13,14,16). The first kappa shape index (κ1) is 9.58. The number of nitrogen functional groups attached to an aromatic ring is 1. The highest BCUT2D eigenvalue weighted by atomic mass is 16.5. The van der Waals surface area contributed by atoms with E-state index in [9.17, 15) is 4.79 Å². The van der Waals surface area contributed by atoms with Crippen molar-refractivity contribution in [3.05, 3.63) is 22.1 Å². The molecule has 17 heavy (non-hydrogen) atoms. The second-order valence-corrected chi connectivity index (χ2v) is 3.57. The molecule has 0 saturated heterocycles. The Bertz CT molecular complexity index is 752. The van der Waals surface area contributed by atoms with E-state index in [2.05, 4.69) is 25.1 Å². The number of aryl methyl sites for hydroxylation is 1. The zero-order chi connectivity index (χ0) is 12.0. The van der Waals surface area contributed by atoms with Crippen molar-refractivity contribution in [3.8, 4) is 11.6 Å². The van der Waals surface area contributed by atoms with E-state index in [1.165, 1.54) is 0 Å². The fraction of sp³-hybridized carbons (Fsp3) is 0.111. The van der Waals surface area contributed by atoms with Crippen LogP contribution in [-0.2, 0) is 0 Å². The van der Waals surface area contributed by atoms with Gasteiger partial charge in [0.05, 0.1) is 5.69 Å². The smallest absolute Gasteiger partial charge is 0.278 e. The summed E-state index contributed by atoms with van der Waals surface area (Å²) in [6.07, 6.45) is 0. The van der Waals surface area contributed by atoms with E-state index in [4.69, 9.17) is 10.3 Å². The first-order valence-corrected chi connectivity index (χ1v) is 4.82. The molecular weight excluding hydrogens is 224 g/mol. The first-order chi connectivity index (χ1) is 8.13. The Hall–Kier alpha value is -2.64. The average Bonchev–Trinajstić information content (AvgIpc) is 2.83. The van der Waals surface area contributed by atoms with Crippen molar-refractivity contribution in [2.45, 2.75) is 6.92 Å². The summed E-state index contributed by atoms with van der Waals surface area (Å²) in [4.78, 5) is 24.8. The van der Waals surface area contributed by atoms with Crippen molar-refractivity contribution in [3.63, 3.8) is 0 Å². The Labute approximate surface area is 93.9 Å². The molecule has 3 rings (SSSR count). The Kier molecular flexibility index (Phi) is 1.79. The van der Waals surface area contributed by atoms with Crippen molar-refractivity contribution < 1.29 is 4.52 Å². The number of aromatic amines is 2. The van der Waals surface area contributed by atoms with Gasteiger partial charge in [-0.3, -0.25) is 9.78 Å². The Balaban J connectivity index is 2.27. The highest BCUT2D eigenvalue weighted by Crippen LogP contribution is 2.18. The number of nitrogens with two attached hydrogens (primary N) is 1. The summed E-state index contributed by atoms with van der Waals surface area (Å²) in [7, 11) is 0. The number of nitrogens with one attached hydrogen (secondary N) is 2. The molecule has 8 heteroatoms. The van der Waals surface area contributed by atoms with Crippen LogP contribution >= 0.6 is 0 Å². The molecule has 0 amide bonds. The lowest BCUT2D eigenvalue weighted by Gasteiger charge is -1.89. The summed E-state index contributed by atoms with van der Waals surface area (Å²) in [6.45, 7) is 1.79. The molecule has 3 aromatic rings. The molecule has 0 fully saturated rings. The number of imidazole rings is 1. The Morgan fingerprint density at radius 3 is 2.88 bits per heavy atom. The van der Waals surface area contributed by atoms with Crippen LogP contribution < -0.4 is 11.3 Å². The van der Waals surface area contributed by atoms with Gasteiger partial charge in [0.15, 0.2) is 17.0 Å². The molecule has 0 aliphatic carbocycles. The molecule has 4 N–H and O–H groups in total. The van der Waals surface area contributed by atoms with E-state index >= 15 is 0 Å². The number of H-pyrrole nitrogens is 2. The largest absolute Gasteiger partial charge is 0.369 e. The number of hydrogen-bond donors (Lipinski definition) is 3. The van der Waals surface area contributed by atoms with Gasteiger partial charge in [-0.2, -0.15) is 4.98 Å². The van der Waals surface area contributed by atoms with Crippen LogP contribution in [0.3, 0.4) is 0 Å². The molecule has 0 unspecified atom stereocenters. The summed E-state index contributed by atoms with van der Waals surface area (Å²) in [6, 6.07) is 1.70. The maximum atomic E-state index is 11.6. The second-order valence-electron chi connectivity index (χ2n) is 3.57. The van der Waals surface area contributed by atoms with Crippen LogP contribution in [-0.4, -0.2) is 25.1 Å². The monoisotopic (exact) mass is 232 g/mol. The minimum absolute atomic E-state index is 0.0225. The SMILES string of the molecule is Cc1cc(-c2nc3nc(N)[nH]c(=O)c3[nH]2)on1. The third kappa shape index (κ3) is 1.46. The van der Waals surface area contributed by atoms with Gasteiger partial charge in [-0.25, -0.2) is 4.98 Å². The van der Waals surface area contributed by atoms with Crippen LogP contribution in [0.25, 0.3) is 22.7 Å². The van der Waals surface area contributed by atoms with E-state index < -0.39 is 0 Å². The molecule has 0 spiro atoms. The van der Waals surface area contributed by atoms with E-state index in [-0.39, 0.29) is 22.7 Å². The maximum Gasteiger partial charge on any atom is 0.278 e. The topological polar surface area (TPSA) is 126 Å². The number of nitrogens with zero attached hydrogens (tertiary/aromatic N) is 3. The molecule has 0 bridgehead atoms. The zero-order valence-electron chi connectivity index (χ0n) is 8.81. The third-order valence-corrected chi connectivity index (χ3v) is 2.24. The van der Waals surface area contributed by atoms with E-state index in [0.29, 0.717) is 11.6 Å². The molecule has 0 saturated carbocycles. The number of hydrogen-bond acceptors (Lipinski definition) is 6. The lowest BCUT2D eigenvalue weighted by molar-refractivity contribution is 0.425. The van der Waals surface area contributed by atoms with Gasteiger partial charge < -0.3 is 15.2 Å². The van der Waals surface area contributed by atoms with Crippen molar-refractivity contribution in [1.82, 2.24) is 25.1 Å². The molecule has 0 aliphatic rings. The van der Waals surface area contributed by atoms with Crippen LogP contribution in [0, 0.1) is 6.92 Å². The number of fused-ring (bicyclic) bond motifs is 1. The van der Waals surface area contributed by atoms with Gasteiger partial charge in [0.25, 0.3) is 5.56 Å². The molecular formula is C9H8N6O2. The normalized spacial score (nSPS) is 11.1. The first-order valence-electron chi connectivity index (χ1n) is 4.82. The molecule has 0 atom stereocenters. The number of anilines is 1. The Morgan fingerprint density at radius 1 is 1.35 bits per heavy atom. The molecule has 8 nitrogen and oxygen atoms in total. The lowest BCUT2D eigenvalue weighted by atomic mass is 10.4. The molecule has 0 aliphatic heterocycles. The summed E-state index contributed by atoms with van der Waals surface area (Å²) < 4.78 is 5.03. The predicted octanol–water partition coefficient (Wildman–Crippen LogP) is 0.192. The van der Waals surface area contributed by atoms with Crippen molar-refractivity contribution in [2.75, 3.05) is 5.73 Å². The Morgan fingerprint density at radius 2 is 2.18 bits per heavy atom.